The van der Waals surface area contributed by atoms with Crippen molar-refractivity contribution in [2.75, 3.05) is 20.2 Å². The largest absolute Gasteiger partial charge is 0.491 e. The number of rotatable bonds is 5. The van der Waals surface area contributed by atoms with Crippen molar-refractivity contribution in [3.8, 4) is 5.75 Å². The molecular formula is C17H21N3O. The fourth-order valence-corrected chi connectivity index (χ4v) is 2.40. The van der Waals surface area contributed by atoms with Gasteiger partial charge in [-0.1, -0.05) is 36.4 Å². The number of hydrogen-bond acceptors (Lipinski definition) is 2. The lowest BCUT2D eigenvalue weighted by Gasteiger charge is -2.16. The van der Waals surface area contributed by atoms with E-state index in [-0.39, 0.29) is 0 Å². The molecule has 1 aliphatic carbocycles. The highest BCUT2D eigenvalue weighted by molar-refractivity contribution is 5.88. The number of aliphatic imine (C=N–C) groups is 1. The van der Waals surface area contributed by atoms with Crippen LogP contribution in [0.15, 0.2) is 47.5 Å². The van der Waals surface area contributed by atoms with Gasteiger partial charge in [0.15, 0.2) is 5.96 Å². The molecule has 0 unspecified atom stereocenters. The van der Waals surface area contributed by atoms with Crippen molar-refractivity contribution in [3.05, 3.63) is 42.5 Å². The maximum absolute atomic E-state index is 5.95. The van der Waals surface area contributed by atoms with E-state index >= 15 is 0 Å². The molecule has 110 valence electrons. The minimum Gasteiger partial charge on any atom is -0.491 e. The van der Waals surface area contributed by atoms with E-state index in [0.717, 1.165) is 11.1 Å². The molecule has 0 aliphatic heterocycles. The van der Waals surface area contributed by atoms with Gasteiger partial charge in [-0.3, -0.25) is 0 Å². The van der Waals surface area contributed by atoms with Crippen LogP contribution in [0.2, 0.25) is 0 Å². The lowest BCUT2D eigenvalue weighted by atomic mass is 10.1. The van der Waals surface area contributed by atoms with Crippen LogP contribution >= 0.6 is 0 Å². The van der Waals surface area contributed by atoms with Crippen molar-refractivity contribution in [2.45, 2.75) is 18.9 Å². The molecule has 2 aromatic rings. The van der Waals surface area contributed by atoms with Crippen LogP contribution in [0.1, 0.15) is 12.8 Å². The number of fused-ring (bicyclic) bond motifs is 1. The molecule has 2 N–H and O–H groups in total. The van der Waals surface area contributed by atoms with Gasteiger partial charge < -0.3 is 15.4 Å². The van der Waals surface area contributed by atoms with Gasteiger partial charge in [-0.05, 0) is 24.3 Å². The SMILES string of the molecule is CN(C(N)=NCCOc1cccc2ccccc12)C1CC1. The van der Waals surface area contributed by atoms with E-state index in [2.05, 4.69) is 28.1 Å². The zero-order valence-corrected chi connectivity index (χ0v) is 12.3. The molecule has 2 aromatic carbocycles. The number of nitrogens with two attached hydrogens (primary N) is 1. The Kier molecular flexibility index (Phi) is 3.95. The quantitative estimate of drug-likeness (QED) is 0.521. The third-order valence-electron chi connectivity index (χ3n) is 3.83. The molecule has 1 fully saturated rings. The molecule has 0 bridgehead atoms. The Balaban J connectivity index is 1.58. The van der Waals surface area contributed by atoms with Crippen molar-refractivity contribution in [1.29, 1.82) is 0 Å². The van der Waals surface area contributed by atoms with E-state index in [4.69, 9.17) is 10.5 Å². The van der Waals surface area contributed by atoms with Gasteiger partial charge in [-0.15, -0.1) is 0 Å². The summed E-state index contributed by atoms with van der Waals surface area (Å²) in [4.78, 5) is 6.43. The van der Waals surface area contributed by atoms with Crippen LogP contribution in [0.3, 0.4) is 0 Å². The summed E-state index contributed by atoms with van der Waals surface area (Å²) in [7, 11) is 2.00. The van der Waals surface area contributed by atoms with Crippen molar-refractivity contribution in [2.24, 2.45) is 10.7 Å². The first kappa shape index (κ1) is 13.7. The van der Waals surface area contributed by atoms with Gasteiger partial charge in [0.05, 0.1) is 6.54 Å². The Morgan fingerprint density at radius 3 is 2.81 bits per heavy atom. The first-order valence-electron chi connectivity index (χ1n) is 7.39. The van der Waals surface area contributed by atoms with Gasteiger partial charge in [0.2, 0.25) is 0 Å². The summed E-state index contributed by atoms with van der Waals surface area (Å²) < 4.78 is 5.84. The van der Waals surface area contributed by atoms with E-state index in [1.165, 1.54) is 18.2 Å². The highest BCUT2D eigenvalue weighted by Gasteiger charge is 2.27. The Labute approximate surface area is 125 Å². The summed E-state index contributed by atoms with van der Waals surface area (Å²) in [5.74, 6) is 1.51. The second-order valence-corrected chi connectivity index (χ2v) is 5.41. The molecule has 0 aromatic heterocycles. The topological polar surface area (TPSA) is 50.8 Å². The molecule has 0 spiro atoms. The molecule has 0 amide bonds. The Bertz CT molecular complexity index is 644. The maximum atomic E-state index is 5.95. The Morgan fingerprint density at radius 1 is 1.24 bits per heavy atom. The molecule has 4 nitrogen and oxygen atoms in total. The summed E-state index contributed by atoms with van der Waals surface area (Å²) in [6.07, 6.45) is 2.44. The maximum Gasteiger partial charge on any atom is 0.191 e. The van der Waals surface area contributed by atoms with Gasteiger partial charge in [-0.25, -0.2) is 4.99 Å². The normalized spacial score (nSPS) is 15.2. The van der Waals surface area contributed by atoms with Crippen LogP contribution in [-0.2, 0) is 0 Å². The molecule has 0 atom stereocenters. The van der Waals surface area contributed by atoms with Crippen LogP contribution in [0.5, 0.6) is 5.75 Å². The van der Waals surface area contributed by atoms with Crippen molar-refractivity contribution < 1.29 is 4.74 Å². The van der Waals surface area contributed by atoms with Gasteiger partial charge in [0, 0.05) is 18.5 Å². The minimum atomic E-state index is 0.535. The van der Waals surface area contributed by atoms with Gasteiger partial charge in [0.25, 0.3) is 0 Å². The molecular weight excluding hydrogens is 262 g/mol. The highest BCUT2D eigenvalue weighted by atomic mass is 16.5. The fourth-order valence-electron chi connectivity index (χ4n) is 2.40. The molecule has 3 rings (SSSR count). The first-order chi connectivity index (χ1) is 10.3. The molecule has 0 saturated heterocycles. The highest BCUT2D eigenvalue weighted by Crippen LogP contribution is 2.25. The Hall–Kier alpha value is -2.23. The van der Waals surface area contributed by atoms with Crippen LogP contribution < -0.4 is 10.5 Å². The number of nitrogens with zero attached hydrogens (tertiary/aromatic N) is 2. The van der Waals surface area contributed by atoms with Crippen LogP contribution in [0.25, 0.3) is 10.8 Å². The summed E-state index contributed by atoms with van der Waals surface area (Å²) in [5, 5.41) is 2.32. The van der Waals surface area contributed by atoms with Crippen molar-refractivity contribution >= 4 is 16.7 Å². The van der Waals surface area contributed by atoms with E-state index in [9.17, 15) is 0 Å². The standard InChI is InChI=1S/C17H21N3O/c1-20(14-9-10-14)17(18)19-11-12-21-16-8-4-6-13-5-2-3-7-15(13)16/h2-8,14H,9-12H2,1H3,(H2,18,19). The number of ether oxygens (including phenoxy) is 1. The third-order valence-corrected chi connectivity index (χ3v) is 3.83. The van der Waals surface area contributed by atoms with E-state index in [1.807, 2.05) is 31.3 Å². The zero-order chi connectivity index (χ0) is 14.7. The molecule has 4 heteroatoms. The fraction of sp³-hybridized carbons (Fsp3) is 0.353. The number of benzene rings is 2. The predicted octanol–water partition coefficient (Wildman–Crippen LogP) is 2.63. The van der Waals surface area contributed by atoms with E-state index < -0.39 is 0 Å². The predicted molar refractivity (Wildman–Crippen MR) is 86.7 cm³/mol. The monoisotopic (exact) mass is 283 g/mol. The summed E-state index contributed by atoms with van der Waals surface area (Å²) in [6.45, 7) is 1.11. The average Bonchev–Trinajstić information content (AvgIpc) is 3.35. The first-order valence-corrected chi connectivity index (χ1v) is 7.39. The summed E-state index contributed by atoms with van der Waals surface area (Å²) in [6, 6.07) is 14.9. The van der Waals surface area contributed by atoms with E-state index in [1.54, 1.807) is 0 Å². The lowest BCUT2D eigenvalue weighted by Crippen LogP contribution is -2.36. The molecule has 0 heterocycles. The summed E-state index contributed by atoms with van der Waals surface area (Å²) in [5.41, 5.74) is 5.95. The molecule has 1 aliphatic rings. The lowest BCUT2D eigenvalue weighted by molar-refractivity contribution is 0.331. The van der Waals surface area contributed by atoms with Crippen molar-refractivity contribution in [3.63, 3.8) is 0 Å². The zero-order valence-electron chi connectivity index (χ0n) is 12.3. The van der Waals surface area contributed by atoms with Crippen LogP contribution in [0, 0.1) is 0 Å². The number of guanidine groups is 1. The van der Waals surface area contributed by atoms with Crippen molar-refractivity contribution in [1.82, 2.24) is 4.90 Å². The van der Waals surface area contributed by atoms with Gasteiger partial charge in [-0.2, -0.15) is 0 Å². The molecule has 21 heavy (non-hydrogen) atoms. The number of hydrogen-bond donors (Lipinski definition) is 1. The third kappa shape index (κ3) is 3.27. The second-order valence-electron chi connectivity index (χ2n) is 5.41. The molecule has 1 saturated carbocycles. The summed E-state index contributed by atoms with van der Waals surface area (Å²) >= 11 is 0. The van der Waals surface area contributed by atoms with E-state index in [0.29, 0.717) is 25.2 Å². The van der Waals surface area contributed by atoms with Crippen LogP contribution in [-0.4, -0.2) is 37.1 Å². The second kappa shape index (κ2) is 6.04. The van der Waals surface area contributed by atoms with Crippen LogP contribution in [0.4, 0.5) is 0 Å². The Morgan fingerprint density at radius 2 is 2.00 bits per heavy atom. The smallest absolute Gasteiger partial charge is 0.191 e. The average molecular weight is 283 g/mol. The van der Waals surface area contributed by atoms with Gasteiger partial charge >= 0.3 is 0 Å². The minimum absolute atomic E-state index is 0.535. The van der Waals surface area contributed by atoms with Gasteiger partial charge in [0.1, 0.15) is 12.4 Å². The molecule has 0 radical (unpaired) electrons.